The molecule has 0 aliphatic carbocycles. The second-order valence-electron chi connectivity index (χ2n) is 5.62. The largest absolute Gasteiger partial charge is 0.459 e. The summed E-state index contributed by atoms with van der Waals surface area (Å²) < 4.78 is 10.5. The zero-order chi connectivity index (χ0) is 19.4. The van der Waals surface area contributed by atoms with Crippen molar-refractivity contribution in [1.82, 2.24) is 15.4 Å². The molecule has 0 saturated heterocycles. The lowest BCUT2D eigenvalue weighted by molar-refractivity contribution is -0.385. The lowest BCUT2D eigenvalue weighted by Crippen LogP contribution is -2.30. The van der Waals surface area contributed by atoms with E-state index in [4.69, 9.17) is 9.15 Å². The molecule has 1 amide bonds. The highest BCUT2D eigenvalue weighted by Crippen LogP contribution is 2.34. The van der Waals surface area contributed by atoms with Crippen LogP contribution in [0.5, 0.6) is 11.6 Å². The van der Waals surface area contributed by atoms with Gasteiger partial charge in [-0.05, 0) is 49.2 Å². The number of aryl methyl sites for hydroxylation is 2. The summed E-state index contributed by atoms with van der Waals surface area (Å²) in [6.07, 6.45) is 2.42. The average molecular weight is 369 g/mol. The van der Waals surface area contributed by atoms with E-state index in [-0.39, 0.29) is 17.5 Å². The third-order valence-corrected chi connectivity index (χ3v) is 3.42. The quantitative estimate of drug-likeness (QED) is 0.500. The van der Waals surface area contributed by atoms with Gasteiger partial charge in [0.1, 0.15) is 12.1 Å². The molecule has 10 nitrogen and oxygen atoms in total. The van der Waals surface area contributed by atoms with E-state index in [9.17, 15) is 14.9 Å². The molecule has 2 N–H and O–H groups in total. The molecule has 27 heavy (non-hydrogen) atoms. The van der Waals surface area contributed by atoms with Crippen molar-refractivity contribution in [2.75, 3.05) is 5.43 Å². The van der Waals surface area contributed by atoms with Gasteiger partial charge in [-0.3, -0.25) is 25.8 Å². The molecule has 0 radical (unpaired) electrons. The Balaban J connectivity index is 1.86. The van der Waals surface area contributed by atoms with Gasteiger partial charge in [-0.25, -0.2) is 4.98 Å². The minimum absolute atomic E-state index is 0.0333. The molecular weight excluding hydrogens is 354 g/mol. The van der Waals surface area contributed by atoms with Crippen LogP contribution in [0.15, 0.2) is 47.3 Å². The number of furan rings is 1. The summed E-state index contributed by atoms with van der Waals surface area (Å²) in [6, 6.07) is 8.38. The smallest absolute Gasteiger partial charge is 0.374 e. The number of rotatable bonds is 6. The fraction of sp³-hybridized carbons (Fsp3) is 0.118. The molecule has 2 heterocycles. The van der Waals surface area contributed by atoms with Crippen LogP contribution in [0.2, 0.25) is 0 Å². The number of aromatic nitrogens is 2. The summed E-state index contributed by atoms with van der Waals surface area (Å²) in [7, 11) is 0. The Morgan fingerprint density at radius 3 is 2.59 bits per heavy atom. The van der Waals surface area contributed by atoms with Crippen molar-refractivity contribution in [3.05, 3.63) is 69.9 Å². The van der Waals surface area contributed by atoms with Gasteiger partial charge >= 0.3 is 17.5 Å². The number of hydrogen-bond acceptors (Lipinski definition) is 8. The van der Waals surface area contributed by atoms with Gasteiger partial charge in [-0.1, -0.05) is 6.07 Å². The van der Waals surface area contributed by atoms with Crippen molar-refractivity contribution in [3.8, 4) is 11.6 Å². The number of nitrogens with one attached hydrogen (secondary N) is 2. The van der Waals surface area contributed by atoms with E-state index >= 15 is 0 Å². The van der Waals surface area contributed by atoms with E-state index < -0.39 is 16.5 Å². The van der Waals surface area contributed by atoms with Gasteiger partial charge in [0.15, 0.2) is 5.76 Å². The molecule has 0 fully saturated rings. The van der Waals surface area contributed by atoms with Crippen LogP contribution in [0, 0.1) is 24.0 Å². The van der Waals surface area contributed by atoms with Gasteiger partial charge in [0.25, 0.3) is 0 Å². The lowest BCUT2D eigenvalue weighted by Gasteiger charge is -2.10. The van der Waals surface area contributed by atoms with E-state index in [1.54, 1.807) is 12.1 Å². The molecule has 0 bridgehead atoms. The first-order chi connectivity index (χ1) is 12.9. The van der Waals surface area contributed by atoms with Gasteiger partial charge in [-0.15, -0.1) is 0 Å². The highest BCUT2D eigenvalue weighted by molar-refractivity contribution is 5.92. The van der Waals surface area contributed by atoms with Crippen LogP contribution in [0.3, 0.4) is 0 Å². The Labute approximate surface area is 153 Å². The van der Waals surface area contributed by atoms with Crippen LogP contribution in [0.4, 0.5) is 11.5 Å². The summed E-state index contributed by atoms with van der Waals surface area (Å²) in [5, 5.41) is 11.5. The maximum absolute atomic E-state index is 11.9. The maximum Gasteiger partial charge on any atom is 0.374 e. The van der Waals surface area contributed by atoms with Gasteiger partial charge < -0.3 is 9.15 Å². The molecule has 3 aromatic rings. The minimum atomic E-state index is -0.695. The molecule has 3 rings (SSSR count). The van der Waals surface area contributed by atoms with Crippen molar-refractivity contribution < 1.29 is 18.9 Å². The number of ether oxygens (including phenoxy) is 1. The van der Waals surface area contributed by atoms with Gasteiger partial charge in [0.05, 0.1) is 11.2 Å². The van der Waals surface area contributed by atoms with Gasteiger partial charge in [0.2, 0.25) is 5.82 Å². The standard InChI is InChI=1S/C17H15N5O5/c1-10-6-11(2)8-12(7-10)27-17-14(22(24)25)15(18-9-19-17)20-21-16(23)13-4-3-5-26-13/h3-9H,1-2H3,(H,21,23)(H,18,19,20). The zero-order valence-corrected chi connectivity index (χ0v) is 14.4. The Kier molecular flexibility index (Phi) is 4.97. The first kappa shape index (κ1) is 17.9. The van der Waals surface area contributed by atoms with Crippen LogP contribution >= 0.6 is 0 Å². The van der Waals surface area contributed by atoms with Gasteiger partial charge in [0, 0.05) is 0 Å². The fourth-order valence-corrected chi connectivity index (χ4v) is 2.38. The normalized spacial score (nSPS) is 10.3. The molecule has 0 spiro atoms. The number of carbonyl (C=O) groups is 1. The molecule has 10 heteroatoms. The van der Waals surface area contributed by atoms with Crippen molar-refractivity contribution in [3.63, 3.8) is 0 Å². The van der Waals surface area contributed by atoms with E-state index in [2.05, 4.69) is 20.8 Å². The summed E-state index contributed by atoms with van der Waals surface area (Å²) in [5.41, 5.74) is 6.03. The molecule has 1 aromatic carbocycles. The van der Waals surface area contributed by atoms with Crippen molar-refractivity contribution >= 4 is 17.4 Å². The Hall–Kier alpha value is -3.95. The summed E-state index contributed by atoms with van der Waals surface area (Å²) in [5.74, 6) is -0.667. The number of nitrogens with zero attached hydrogens (tertiary/aromatic N) is 3. The predicted octanol–water partition coefficient (Wildman–Crippen LogP) is 3.14. The topological polar surface area (TPSA) is 132 Å². The number of anilines is 1. The summed E-state index contributed by atoms with van der Waals surface area (Å²) >= 11 is 0. The number of amides is 1. The first-order valence-electron chi connectivity index (χ1n) is 7.79. The minimum Gasteiger partial charge on any atom is -0.459 e. The Morgan fingerprint density at radius 1 is 1.22 bits per heavy atom. The molecule has 138 valence electrons. The van der Waals surface area contributed by atoms with Crippen LogP contribution in [-0.4, -0.2) is 20.8 Å². The number of benzene rings is 1. The molecule has 2 aromatic heterocycles. The van der Waals surface area contributed by atoms with Crippen LogP contribution in [-0.2, 0) is 0 Å². The average Bonchev–Trinajstić information content (AvgIpc) is 3.13. The zero-order valence-electron chi connectivity index (χ0n) is 14.4. The van der Waals surface area contributed by atoms with Crippen LogP contribution < -0.4 is 15.6 Å². The highest BCUT2D eigenvalue weighted by atomic mass is 16.6. The maximum atomic E-state index is 11.9. The molecule has 0 unspecified atom stereocenters. The lowest BCUT2D eigenvalue weighted by atomic mass is 10.1. The molecule has 0 aliphatic rings. The number of nitro groups is 1. The van der Waals surface area contributed by atoms with Crippen LogP contribution in [0.25, 0.3) is 0 Å². The van der Waals surface area contributed by atoms with Crippen molar-refractivity contribution in [1.29, 1.82) is 0 Å². The fourth-order valence-electron chi connectivity index (χ4n) is 2.38. The molecule has 0 aliphatic heterocycles. The predicted molar refractivity (Wildman–Crippen MR) is 94.5 cm³/mol. The molecular formula is C17H15N5O5. The third-order valence-electron chi connectivity index (χ3n) is 3.42. The van der Waals surface area contributed by atoms with E-state index in [1.807, 2.05) is 19.9 Å². The van der Waals surface area contributed by atoms with E-state index in [0.717, 1.165) is 17.5 Å². The second-order valence-corrected chi connectivity index (χ2v) is 5.62. The molecule has 0 saturated carbocycles. The number of hydrazine groups is 1. The van der Waals surface area contributed by atoms with Crippen molar-refractivity contribution in [2.24, 2.45) is 0 Å². The number of hydrogen-bond donors (Lipinski definition) is 2. The third kappa shape index (κ3) is 4.18. The SMILES string of the molecule is Cc1cc(C)cc(Oc2ncnc(NNC(=O)c3ccco3)c2[N+](=O)[O-])c1. The highest BCUT2D eigenvalue weighted by Gasteiger charge is 2.26. The molecule has 0 atom stereocenters. The summed E-state index contributed by atoms with van der Waals surface area (Å²) in [6.45, 7) is 3.76. The second kappa shape index (κ2) is 7.52. The van der Waals surface area contributed by atoms with Crippen LogP contribution in [0.1, 0.15) is 21.7 Å². The van der Waals surface area contributed by atoms with Crippen molar-refractivity contribution in [2.45, 2.75) is 13.8 Å². The Morgan fingerprint density at radius 2 is 1.96 bits per heavy atom. The first-order valence-corrected chi connectivity index (χ1v) is 7.79. The van der Waals surface area contributed by atoms with E-state index in [1.165, 1.54) is 18.4 Å². The summed E-state index contributed by atoms with van der Waals surface area (Å²) in [4.78, 5) is 30.4. The number of carbonyl (C=O) groups excluding carboxylic acids is 1. The van der Waals surface area contributed by atoms with Gasteiger partial charge in [-0.2, -0.15) is 4.98 Å². The monoisotopic (exact) mass is 369 g/mol. The Bertz CT molecular complexity index is 967. The van der Waals surface area contributed by atoms with E-state index in [0.29, 0.717) is 5.75 Å².